The number of rotatable bonds is 5. The molecule has 4 rings (SSSR count). The van der Waals surface area contributed by atoms with Crippen LogP contribution >= 0.6 is 0 Å². The van der Waals surface area contributed by atoms with Gasteiger partial charge in [-0.3, -0.25) is 9.59 Å². The van der Waals surface area contributed by atoms with Crippen molar-refractivity contribution in [1.82, 2.24) is 0 Å². The average Bonchev–Trinajstić information content (AvgIpc) is 3.20. The van der Waals surface area contributed by atoms with Gasteiger partial charge in [-0.05, 0) is 48.6 Å². The number of hydrogen-bond donors (Lipinski definition) is 2. The van der Waals surface area contributed by atoms with E-state index in [1.807, 2.05) is 0 Å². The first-order valence-corrected chi connectivity index (χ1v) is 10.0. The maximum atomic E-state index is 13.8. The number of aliphatic carboxylic acids is 1. The molecule has 0 bridgehead atoms. The van der Waals surface area contributed by atoms with Gasteiger partial charge in [-0.25, -0.2) is 4.39 Å². The number of carbonyl (C=O) groups is 3. The number of anilines is 1. The molecule has 2 aromatic carbocycles. The molecule has 4 unspecified atom stereocenters. The van der Waals surface area contributed by atoms with Crippen molar-refractivity contribution >= 4 is 23.9 Å². The number of amides is 1. The molecule has 7 heteroatoms. The molecule has 1 fully saturated rings. The standard InChI is InChI=1S/C23H23FN2O4/c24-15-6-3-5-14(13-15)21(28)26-18-9-2-1-7-16(18)20(17-8-4-10-19(17)26)23(25,11-12-27)22(29)30/h1-3,5-7,9,12-13,17,19-20H,4,8,10-11,25H2,(H,29,30). The first-order chi connectivity index (χ1) is 14.4. The van der Waals surface area contributed by atoms with Crippen LogP contribution in [0, 0.1) is 11.7 Å². The van der Waals surface area contributed by atoms with E-state index in [4.69, 9.17) is 5.73 Å². The number of hydrogen-bond acceptors (Lipinski definition) is 4. The van der Waals surface area contributed by atoms with Crippen molar-refractivity contribution in [3.8, 4) is 0 Å². The van der Waals surface area contributed by atoms with E-state index in [1.54, 1.807) is 35.2 Å². The predicted octanol–water partition coefficient (Wildman–Crippen LogP) is 3.11. The molecule has 0 radical (unpaired) electrons. The van der Waals surface area contributed by atoms with Crippen LogP contribution in [0.5, 0.6) is 0 Å². The lowest BCUT2D eigenvalue weighted by atomic mass is 9.66. The number of nitrogens with zero attached hydrogens (tertiary/aromatic N) is 1. The van der Waals surface area contributed by atoms with Gasteiger partial charge in [0.05, 0.1) is 0 Å². The number of fused-ring (bicyclic) bond motifs is 2. The summed E-state index contributed by atoms with van der Waals surface area (Å²) in [5.74, 6) is -2.88. The van der Waals surface area contributed by atoms with Crippen LogP contribution in [0.15, 0.2) is 48.5 Å². The second-order valence-corrected chi connectivity index (χ2v) is 8.10. The summed E-state index contributed by atoms with van der Waals surface area (Å²) < 4.78 is 13.8. The molecular weight excluding hydrogens is 387 g/mol. The Balaban J connectivity index is 1.88. The molecule has 2 aromatic rings. The highest BCUT2D eigenvalue weighted by Gasteiger charge is 2.55. The van der Waals surface area contributed by atoms with Gasteiger partial charge in [0, 0.05) is 29.6 Å². The Morgan fingerprint density at radius 2 is 1.97 bits per heavy atom. The molecular formula is C23H23FN2O4. The molecule has 3 N–H and O–H groups in total. The van der Waals surface area contributed by atoms with Crippen molar-refractivity contribution in [2.45, 2.75) is 43.2 Å². The highest BCUT2D eigenvalue weighted by molar-refractivity contribution is 6.07. The molecule has 156 valence electrons. The van der Waals surface area contributed by atoms with Crippen LogP contribution in [0.4, 0.5) is 10.1 Å². The van der Waals surface area contributed by atoms with Crippen molar-refractivity contribution in [3.63, 3.8) is 0 Å². The van der Waals surface area contributed by atoms with E-state index in [-0.39, 0.29) is 29.9 Å². The fraction of sp³-hybridized carbons (Fsp3) is 0.348. The van der Waals surface area contributed by atoms with Gasteiger partial charge in [-0.2, -0.15) is 0 Å². The third kappa shape index (κ3) is 3.10. The maximum absolute atomic E-state index is 13.8. The van der Waals surface area contributed by atoms with Crippen LogP contribution in [0.2, 0.25) is 0 Å². The van der Waals surface area contributed by atoms with E-state index in [0.29, 0.717) is 30.4 Å². The zero-order valence-corrected chi connectivity index (χ0v) is 16.3. The van der Waals surface area contributed by atoms with Crippen molar-refractivity contribution in [2.24, 2.45) is 11.7 Å². The van der Waals surface area contributed by atoms with E-state index < -0.39 is 23.2 Å². The topological polar surface area (TPSA) is 101 Å². The number of benzene rings is 2. The molecule has 1 amide bonds. The molecule has 0 saturated heterocycles. The van der Waals surface area contributed by atoms with Crippen LogP contribution in [-0.4, -0.2) is 34.8 Å². The molecule has 0 aromatic heterocycles. The highest BCUT2D eigenvalue weighted by Crippen LogP contribution is 2.53. The zero-order chi connectivity index (χ0) is 21.5. The SMILES string of the molecule is NC(CC=O)(C(=O)O)C1c2ccccc2N(C(=O)c2cccc(F)c2)C2CCCC21. The second kappa shape index (κ2) is 7.65. The van der Waals surface area contributed by atoms with Crippen LogP contribution in [0.3, 0.4) is 0 Å². The Morgan fingerprint density at radius 1 is 1.20 bits per heavy atom. The van der Waals surface area contributed by atoms with Crippen molar-refractivity contribution in [1.29, 1.82) is 0 Å². The smallest absolute Gasteiger partial charge is 0.324 e. The van der Waals surface area contributed by atoms with E-state index in [2.05, 4.69) is 0 Å². The molecule has 1 aliphatic carbocycles. The summed E-state index contributed by atoms with van der Waals surface area (Å²) in [7, 11) is 0. The molecule has 2 aliphatic rings. The van der Waals surface area contributed by atoms with Crippen LogP contribution in [-0.2, 0) is 9.59 Å². The van der Waals surface area contributed by atoms with E-state index in [0.717, 1.165) is 6.42 Å². The van der Waals surface area contributed by atoms with Crippen LogP contribution < -0.4 is 10.6 Å². The van der Waals surface area contributed by atoms with Gasteiger partial charge in [-0.1, -0.05) is 30.7 Å². The summed E-state index contributed by atoms with van der Waals surface area (Å²) in [5.41, 5.74) is 6.04. The van der Waals surface area contributed by atoms with Crippen LogP contribution in [0.1, 0.15) is 47.5 Å². The molecule has 1 heterocycles. The molecule has 6 nitrogen and oxygen atoms in total. The summed E-state index contributed by atoms with van der Waals surface area (Å²) in [6, 6.07) is 12.4. The summed E-state index contributed by atoms with van der Waals surface area (Å²) in [5, 5.41) is 9.94. The lowest BCUT2D eigenvalue weighted by Crippen LogP contribution is -2.60. The summed E-state index contributed by atoms with van der Waals surface area (Å²) in [4.78, 5) is 38.6. The second-order valence-electron chi connectivity index (χ2n) is 8.10. The molecule has 0 spiro atoms. The number of carboxylic acids is 1. The summed E-state index contributed by atoms with van der Waals surface area (Å²) >= 11 is 0. The number of halogens is 1. The van der Waals surface area contributed by atoms with Gasteiger partial charge >= 0.3 is 5.97 Å². The van der Waals surface area contributed by atoms with Crippen LogP contribution in [0.25, 0.3) is 0 Å². The Kier molecular flexibility index (Phi) is 5.15. The number of aldehydes is 1. The Hall–Kier alpha value is -3.06. The fourth-order valence-electron chi connectivity index (χ4n) is 5.22. The number of carboxylic acid groups (broad SMARTS) is 1. The third-order valence-corrected chi connectivity index (χ3v) is 6.49. The Bertz CT molecular complexity index is 1010. The van der Waals surface area contributed by atoms with Crippen molar-refractivity contribution in [3.05, 3.63) is 65.5 Å². The predicted molar refractivity (Wildman–Crippen MR) is 109 cm³/mol. The number of carbonyl (C=O) groups excluding carboxylic acids is 2. The monoisotopic (exact) mass is 410 g/mol. The first-order valence-electron chi connectivity index (χ1n) is 10.0. The highest BCUT2D eigenvalue weighted by atomic mass is 19.1. The molecule has 1 saturated carbocycles. The molecule has 30 heavy (non-hydrogen) atoms. The summed E-state index contributed by atoms with van der Waals surface area (Å²) in [6.45, 7) is 0. The maximum Gasteiger partial charge on any atom is 0.324 e. The van der Waals surface area contributed by atoms with Crippen molar-refractivity contribution in [2.75, 3.05) is 4.90 Å². The van der Waals surface area contributed by atoms with Gasteiger partial charge < -0.3 is 20.5 Å². The zero-order valence-electron chi connectivity index (χ0n) is 16.3. The first kappa shape index (κ1) is 20.2. The lowest BCUT2D eigenvalue weighted by molar-refractivity contribution is -0.146. The van der Waals surface area contributed by atoms with Gasteiger partial charge in [0.25, 0.3) is 5.91 Å². The van der Waals surface area contributed by atoms with Gasteiger partial charge in [0.15, 0.2) is 0 Å². The van der Waals surface area contributed by atoms with Crippen molar-refractivity contribution < 1.29 is 23.9 Å². The fourth-order valence-corrected chi connectivity index (χ4v) is 5.22. The summed E-state index contributed by atoms with van der Waals surface area (Å²) in [6.07, 6.45) is 2.42. The minimum Gasteiger partial charge on any atom is -0.480 e. The van der Waals surface area contributed by atoms with E-state index >= 15 is 0 Å². The normalized spacial score (nSPS) is 24.5. The average molecular weight is 410 g/mol. The van der Waals surface area contributed by atoms with E-state index in [9.17, 15) is 23.9 Å². The molecule has 4 atom stereocenters. The lowest BCUT2D eigenvalue weighted by Gasteiger charge is -2.48. The largest absolute Gasteiger partial charge is 0.480 e. The van der Waals surface area contributed by atoms with Gasteiger partial charge in [0.1, 0.15) is 17.6 Å². The third-order valence-electron chi connectivity index (χ3n) is 6.49. The minimum atomic E-state index is -1.76. The van der Waals surface area contributed by atoms with Gasteiger partial charge in [0.2, 0.25) is 0 Å². The quantitative estimate of drug-likeness (QED) is 0.738. The number of nitrogens with two attached hydrogens (primary N) is 1. The molecule has 1 aliphatic heterocycles. The van der Waals surface area contributed by atoms with E-state index in [1.165, 1.54) is 18.2 Å². The Labute approximate surface area is 173 Å². The minimum absolute atomic E-state index is 0.210. The van der Waals surface area contributed by atoms with Gasteiger partial charge in [-0.15, -0.1) is 0 Å². The number of para-hydroxylation sites is 1. The Morgan fingerprint density at radius 3 is 2.67 bits per heavy atom.